The molecule has 0 radical (unpaired) electrons. The summed E-state index contributed by atoms with van der Waals surface area (Å²) >= 11 is 0. The standard InChI is InChI=1S/C18H22N2O2/c21-13-8-6-12(7-9-13)19-18(22)17-10-15-14(11-4-5-11)2-1-3-16(15)20-17/h1-3,10-13,20-21H,4-9H2,(H,19,22). The number of carbonyl (C=O) groups excluding carboxylic acids is 1. The Morgan fingerprint density at radius 2 is 1.91 bits per heavy atom. The SMILES string of the molecule is O=C(NC1CCC(O)CC1)c1cc2c(C3CC3)cccc2[nH]1. The molecule has 0 unspecified atom stereocenters. The molecule has 0 bridgehead atoms. The van der Waals surface area contributed by atoms with Crippen LogP contribution in [0.15, 0.2) is 24.3 Å². The van der Waals surface area contributed by atoms with E-state index in [1.165, 1.54) is 23.8 Å². The second-order valence-corrected chi connectivity index (χ2v) is 6.74. The smallest absolute Gasteiger partial charge is 0.267 e. The summed E-state index contributed by atoms with van der Waals surface area (Å²) in [6.07, 6.45) is 5.61. The zero-order valence-corrected chi connectivity index (χ0v) is 12.6. The average Bonchev–Trinajstić information content (AvgIpc) is 3.26. The molecule has 2 fully saturated rings. The maximum absolute atomic E-state index is 12.5. The number of benzene rings is 1. The van der Waals surface area contributed by atoms with Crippen molar-refractivity contribution in [2.45, 2.75) is 56.6 Å². The summed E-state index contributed by atoms with van der Waals surface area (Å²) in [7, 11) is 0. The van der Waals surface area contributed by atoms with Gasteiger partial charge in [0.2, 0.25) is 0 Å². The molecule has 2 aliphatic rings. The lowest BCUT2D eigenvalue weighted by atomic mass is 9.93. The van der Waals surface area contributed by atoms with Crippen molar-refractivity contribution >= 4 is 16.8 Å². The lowest BCUT2D eigenvalue weighted by Gasteiger charge is -2.25. The quantitative estimate of drug-likeness (QED) is 0.815. The van der Waals surface area contributed by atoms with Crippen LogP contribution >= 0.6 is 0 Å². The van der Waals surface area contributed by atoms with Crippen LogP contribution in [0.3, 0.4) is 0 Å². The van der Waals surface area contributed by atoms with E-state index in [0.29, 0.717) is 11.6 Å². The molecule has 22 heavy (non-hydrogen) atoms. The number of rotatable bonds is 3. The van der Waals surface area contributed by atoms with E-state index in [2.05, 4.69) is 22.4 Å². The summed E-state index contributed by atoms with van der Waals surface area (Å²) in [5, 5.41) is 13.8. The van der Waals surface area contributed by atoms with Crippen LogP contribution in [0.25, 0.3) is 10.9 Å². The van der Waals surface area contributed by atoms with E-state index in [0.717, 1.165) is 31.2 Å². The first-order valence-electron chi connectivity index (χ1n) is 8.31. The average molecular weight is 298 g/mol. The molecule has 0 atom stereocenters. The fraction of sp³-hybridized carbons (Fsp3) is 0.500. The van der Waals surface area contributed by atoms with Crippen molar-refractivity contribution in [3.8, 4) is 0 Å². The third kappa shape index (κ3) is 2.63. The predicted molar refractivity (Wildman–Crippen MR) is 86.0 cm³/mol. The highest BCUT2D eigenvalue weighted by atomic mass is 16.3. The molecule has 2 aliphatic carbocycles. The van der Waals surface area contributed by atoms with Crippen LogP contribution in [-0.4, -0.2) is 28.1 Å². The molecule has 1 amide bonds. The van der Waals surface area contributed by atoms with Gasteiger partial charge in [-0.05, 0) is 62.1 Å². The van der Waals surface area contributed by atoms with Crippen molar-refractivity contribution in [1.82, 2.24) is 10.3 Å². The van der Waals surface area contributed by atoms with Gasteiger partial charge in [0.25, 0.3) is 5.91 Å². The van der Waals surface area contributed by atoms with Gasteiger partial charge < -0.3 is 15.4 Å². The van der Waals surface area contributed by atoms with Gasteiger partial charge in [-0.2, -0.15) is 0 Å². The second kappa shape index (κ2) is 5.43. The van der Waals surface area contributed by atoms with E-state index in [-0.39, 0.29) is 18.1 Å². The molecular formula is C18H22N2O2. The first-order chi connectivity index (χ1) is 10.7. The first-order valence-corrected chi connectivity index (χ1v) is 8.31. The maximum atomic E-state index is 12.5. The Morgan fingerprint density at radius 1 is 1.14 bits per heavy atom. The number of aromatic nitrogens is 1. The van der Waals surface area contributed by atoms with Crippen molar-refractivity contribution < 1.29 is 9.90 Å². The number of nitrogens with one attached hydrogen (secondary N) is 2. The Bertz CT molecular complexity index is 694. The number of aliphatic hydroxyl groups is 1. The molecule has 3 N–H and O–H groups in total. The highest BCUT2D eigenvalue weighted by Crippen LogP contribution is 2.43. The van der Waals surface area contributed by atoms with E-state index in [1.807, 2.05) is 12.1 Å². The molecule has 2 saturated carbocycles. The van der Waals surface area contributed by atoms with E-state index in [4.69, 9.17) is 0 Å². The minimum Gasteiger partial charge on any atom is -0.393 e. The number of amides is 1. The third-order valence-electron chi connectivity index (χ3n) is 4.99. The first kappa shape index (κ1) is 13.8. The Kier molecular flexibility index (Phi) is 3.41. The number of hydrogen-bond donors (Lipinski definition) is 3. The molecule has 1 aromatic carbocycles. The van der Waals surface area contributed by atoms with E-state index < -0.39 is 0 Å². The van der Waals surface area contributed by atoms with Gasteiger partial charge >= 0.3 is 0 Å². The molecule has 2 aromatic rings. The lowest BCUT2D eigenvalue weighted by molar-refractivity contribution is 0.0864. The normalized spacial score (nSPS) is 25.3. The van der Waals surface area contributed by atoms with Crippen LogP contribution in [0, 0.1) is 0 Å². The fourth-order valence-corrected chi connectivity index (χ4v) is 3.53. The van der Waals surface area contributed by atoms with Crippen molar-refractivity contribution in [2.24, 2.45) is 0 Å². The molecule has 0 saturated heterocycles. The summed E-state index contributed by atoms with van der Waals surface area (Å²) in [6, 6.07) is 8.46. The summed E-state index contributed by atoms with van der Waals surface area (Å²) < 4.78 is 0. The largest absolute Gasteiger partial charge is 0.393 e. The van der Waals surface area contributed by atoms with Crippen molar-refractivity contribution in [1.29, 1.82) is 0 Å². The monoisotopic (exact) mass is 298 g/mol. The molecule has 4 heteroatoms. The molecule has 1 heterocycles. The van der Waals surface area contributed by atoms with Gasteiger partial charge in [-0.1, -0.05) is 12.1 Å². The topological polar surface area (TPSA) is 65.1 Å². The number of H-pyrrole nitrogens is 1. The van der Waals surface area contributed by atoms with Crippen LogP contribution in [0.5, 0.6) is 0 Å². The number of fused-ring (bicyclic) bond motifs is 1. The van der Waals surface area contributed by atoms with Gasteiger partial charge in [-0.3, -0.25) is 4.79 Å². The Morgan fingerprint density at radius 3 is 2.64 bits per heavy atom. The fourth-order valence-electron chi connectivity index (χ4n) is 3.53. The van der Waals surface area contributed by atoms with E-state index >= 15 is 0 Å². The highest BCUT2D eigenvalue weighted by Gasteiger charge is 2.26. The third-order valence-corrected chi connectivity index (χ3v) is 4.99. The molecular weight excluding hydrogens is 276 g/mol. The zero-order valence-electron chi connectivity index (χ0n) is 12.6. The van der Waals surface area contributed by atoms with Crippen molar-refractivity contribution in [3.05, 3.63) is 35.5 Å². The second-order valence-electron chi connectivity index (χ2n) is 6.74. The summed E-state index contributed by atoms with van der Waals surface area (Å²) in [5.74, 6) is 0.648. The van der Waals surface area contributed by atoms with Crippen LogP contribution in [0.2, 0.25) is 0 Å². The van der Waals surface area contributed by atoms with Gasteiger partial charge in [-0.25, -0.2) is 0 Å². The highest BCUT2D eigenvalue weighted by molar-refractivity contribution is 5.99. The van der Waals surface area contributed by atoms with Gasteiger partial charge in [-0.15, -0.1) is 0 Å². The lowest BCUT2D eigenvalue weighted by Crippen LogP contribution is -2.38. The number of carbonyl (C=O) groups is 1. The summed E-state index contributed by atoms with van der Waals surface area (Å²) in [5.41, 5.74) is 3.07. The Balaban J connectivity index is 1.53. The van der Waals surface area contributed by atoms with Crippen molar-refractivity contribution in [3.63, 3.8) is 0 Å². The zero-order chi connectivity index (χ0) is 15.1. The maximum Gasteiger partial charge on any atom is 0.267 e. The molecule has 0 spiro atoms. The number of aliphatic hydroxyl groups excluding tert-OH is 1. The van der Waals surface area contributed by atoms with Gasteiger partial charge in [0, 0.05) is 16.9 Å². The Labute approximate surface area is 129 Å². The number of aromatic amines is 1. The number of hydrogen-bond acceptors (Lipinski definition) is 2. The Hall–Kier alpha value is -1.81. The molecule has 4 nitrogen and oxygen atoms in total. The predicted octanol–water partition coefficient (Wildman–Crippen LogP) is 3.08. The minimum absolute atomic E-state index is 0.0284. The summed E-state index contributed by atoms with van der Waals surface area (Å²) in [6.45, 7) is 0. The van der Waals surface area contributed by atoms with Crippen LogP contribution in [0.1, 0.15) is 60.5 Å². The van der Waals surface area contributed by atoms with Crippen LogP contribution in [-0.2, 0) is 0 Å². The van der Waals surface area contributed by atoms with Crippen molar-refractivity contribution in [2.75, 3.05) is 0 Å². The van der Waals surface area contributed by atoms with Crippen LogP contribution < -0.4 is 5.32 Å². The molecule has 116 valence electrons. The van der Waals surface area contributed by atoms with Crippen LogP contribution in [0.4, 0.5) is 0 Å². The van der Waals surface area contributed by atoms with Gasteiger partial charge in [0.15, 0.2) is 0 Å². The minimum atomic E-state index is -0.192. The molecule has 1 aromatic heterocycles. The molecule has 0 aliphatic heterocycles. The summed E-state index contributed by atoms with van der Waals surface area (Å²) in [4.78, 5) is 15.7. The van der Waals surface area contributed by atoms with Gasteiger partial charge in [0.1, 0.15) is 5.69 Å². The van der Waals surface area contributed by atoms with E-state index in [9.17, 15) is 9.90 Å². The molecule has 4 rings (SSSR count). The van der Waals surface area contributed by atoms with E-state index in [1.54, 1.807) is 0 Å². The van der Waals surface area contributed by atoms with Gasteiger partial charge in [0.05, 0.1) is 6.10 Å².